The molecular formula is C12H19F8NO4Si. The van der Waals surface area contributed by atoms with Crippen LogP contribution in [-0.4, -0.2) is 73.2 Å². The maximum Gasteiger partial charge on any atom is 0.500 e. The smallest absolute Gasteiger partial charge is 0.377 e. The van der Waals surface area contributed by atoms with Crippen molar-refractivity contribution in [1.82, 2.24) is 5.32 Å². The maximum atomic E-state index is 13.4. The molecule has 1 aliphatic rings. The quantitative estimate of drug-likeness (QED) is 0.483. The lowest BCUT2D eigenvalue weighted by atomic mass is 10.1. The van der Waals surface area contributed by atoms with Gasteiger partial charge in [0.2, 0.25) is 0 Å². The minimum absolute atomic E-state index is 0.158. The van der Waals surface area contributed by atoms with Crippen molar-refractivity contribution in [2.75, 3.05) is 33.9 Å². The molecule has 0 amide bonds. The fourth-order valence-electron chi connectivity index (χ4n) is 2.14. The van der Waals surface area contributed by atoms with Gasteiger partial charge in [-0.1, -0.05) is 0 Å². The van der Waals surface area contributed by atoms with Crippen molar-refractivity contribution in [3.8, 4) is 0 Å². The first-order valence-corrected chi connectivity index (χ1v) is 9.33. The van der Waals surface area contributed by atoms with Crippen LogP contribution in [0.4, 0.5) is 35.1 Å². The Morgan fingerprint density at radius 1 is 1.12 bits per heavy atom. The Labute approximate surface area is 145 Å². The molecule has 5 nitrogen and oxygen atoms in total. The van der Waals surface area contributed by atoms with Crippen LogP contribution in [0.2, 0.25) is 6.04 Å². The lowest BCUT2D eigenvalue weighted by Crippen LogP contribution is -2.59. The van der Waals surface area contributed by atoms with Gasteiger partial charge in [0, 0.05) is 26.8 Å². The number of alkyl halides is 8. The molecule has 1 aliphatic heterocycles. The normalized spacial score (nSPS) is 23.0. The van der Waals surface area contributed by atoms with Crippen LogP contribution >= 0.6 is 0 Å². The van der Waals surface area contributed by atoms with Gasteiger partial charge in [-0.25, -0.2) is 8.78 Å². The molecule has 1 rings (SSSR count). The first-order chi connectivity index (χ1) is 11.9. The lowest BCUT2D eigenvalue weighted by Gasteiger charge is -2.35. The average molecular weight is 421 g/mol. The predicted octanol–water partition coefficient (Wildman–Crippen LogP) is 2.74. The number of rotatable bonds is 8. The molecule has 0 aromatic heterocycles. The van der Waals surface area contributed by atoms with Gasteiger partial charge in [0.25, 0.3) is 0 Å². The molecule has 1 N–H and O–H groups in total. The summed E-state index contributed by atoms with van der Waals surface area (Å²) in [4.78, 5) is 0. The molecule has 0 radical (unpaired) electrons. The number of hydrogen-bond acceptors (Lipinski definition) is 5. The number of halogens is 8. The van der Waals surface area contributed by atoms with Gasteiger partial charge in [-0.15, -0.1) is 0 Å². The predicted molar refractivity (Wildman–Crippen MR) is 73.7 cm³/mol. The van der Waals surface area contributed by atoms with Gasteiger partial charge in [0.1, 0.15) is 0 Å². The molecule has 1 atom stereocenters. The highest BCUT2D eigenvalue weighted by molar-refractivity contribution is 6.60. The molecule has 0 aromatic rings. The van der Waals surface area contributed by atoms with Gasteiger partial charge in [0.15, 0.2) is 0 Å². The van der Waals surface area contributed by atoms with E-state index in [0.29, 0.717) is 13.0 Å². The van der Waals surface area contributed by atoms with Crippen LogP contribution < -0.4 is 5.32 Å². The second-order valence-corrected chi connectivity index (χ2v) is 8.38. The minimum atomic E-state index is -6.43. The van der Waals surface area contributed by atoms with E-state index in [1.165, 1.54) is 14.2 Å². The van der Waals surface area contributed by atoms with Gasteiger partial charge in [-0.2, -0.15) is 26.3 Å². The van der Waals surface area contributed by atoms with E-state index in [2.05, 4.69) is 10.1 Å². The SMILES string of the molecule is CO[Si]1(OC)CCCNCC(COC(F)(F)C(F)(F)C(F)(F)C(F)F)O1. The topological polar surface area (TPSA) is 49.0 Å². The standard InChI is InChI=1S/C12H19F8NO4Si/c1-22-26(23-2)5-3-4-21-6-8(25-26)7-24-12(19,20)11(17,18)10(15,16)9(13)14/h8-9,21H,3-7H2,1-2H3. The van der Waals surface area contributed by atoms with Crippen LogP contribution in [0.5, 0.6) is 0 Å². The van der Waals surface area contributed by atoms with Crippen molar-refractivity contribution in [3.05, 3.63) is 0 Å². The summed E-state index contributed by atoms with van der Waals surface area (Å²) in [6.45, 7) is -1.04. The van der Waals surface area contributed by atoms with E-state index in [4.69, 9.17) is 13.3 Å². The number of nitrogens with one attached hydrogen (secondary N) is 1. The van der Waals surface area contributed by atoms with Crippen LogP contribution in [0, 0.1) is 0 Å². The zero-order chi connectivity index (χ0) is 20.2. The van der Waals surface area contributed by atoms with E-state index in [-0.39, 0.29) is 12.6 Å². The van der Waals surface area contributed by atoms with Crippen molar-refractivity contribution in [2.24, 2.45) is 0 Å². The summed E-state index contributed by atoms with van der Waals surface area (Å²) in [6.07, 6.45) is -11.6. The summed E-state index contributed by atoms with van der Waals surface area (Å²) in [7, 11) is -0.804. The van der Waals surface area contributed by atoms with Crippen molar-refractivity contribution < 1.29 is 53.1 Å². The fraction of sp³-hybridized carbons (Fsp3) is 1.00. The highest BCUT2D eigenvalue weighted by Crippen LogP contribution is 2.49. The highest BCUT2D eigenvalue weighted by atomic mass is 28.4. The Balaban J connectivity index is 2.86. The highest BCUT2D eigenvalue weighted by Gasteiger charge is 2.76. The zero-order valence-electron chi connectivity index (χ0n) is 13.8. The Bertz CT molecular complexity index is 453. The third kappa shape index (κ3) is 4.84. The monoisotopic (exact) mass is 421 g/mol. The van der Waals surface area contributed by atoms with Crippen LogP contribution in [0.25, 0.3) is 0 Å². The molecule has 1 fully saturated rings. The van der Waals surface area contributed by atoms with Crippen molar-refractivity contribution in [2.45, 2.75) is 42.9 Å². The Kier molecular flexibility index (Phi) is 7.81. The Hall–Kier alpha value is -0.543. The van der Waals surface area contributed by atoms with E-state index >= 15 is 0 Å². The molecule has 0 aromatic carbocycles. The first kappa shape index (κ1) is 23.5. The molecular weight excluding hydrogens is 402 g/mol. The minimum Gasteiger partial charge on any atom is -0.377 e. The van der Waals surface area contributed by atoms with Crippen molar-refractivity contribution in [3.63, 3.8) is 0 Å². The molecule has 0 bridgehead atoms. The third-order valence-corrected chi connectivity index (χ3v) is 6.59. The largest absolute Gasteiger partial charge is 0.500 e. The lowest BCUT2D eigenvalue weighted by molar-refractivity contribution is -0.414. The summed E-state index contributed by atoms with van der Waals surface area (Å²) >= 11 is 0. The summed E-state index contributed by atoms with van der Waals surface area (Å²) in [5, 5.41) is 2.75. The van der Waals surface area contributed by atoms with E-state index in [1.54, 1.807) is 0 Å². The molecule has 14 heteroatoms. The number of hydrogen-bond donors (Lipinski definition) is 1. The van der Waals surface area contributed by atoms with Crippen molar-refractivity contribution in [1.29, 1.82) is 0 Å². The van der Waals surface area contributed by atoms with E-state index in [1.807, 2.05) is 0 Å². The first-order valence-electron chi connectivity index (χ1n) is 7.39. The van der Waals surface area contributed by atoms with Crippen LogP contribution in [0.15, 0.2) is 0 Å². The van der Waals surface area contributed by atoms with Gasteiger partial charge in [-0.3, -0.25) is 0 Å². The van der Waals surface area contributed by atoms with Crippen molar-refractivity contribution >= 4 is 8.80 Å². The molecule has 1 unspecified atom stereocenters. The van der Waals surface area contributed by atoms with Gasteiger partial charge in [0.05, 0.1) is 12.7 Å². The summed E-state index contributed by atoms with van der Waals surface area (Å²) in [6, 6.07) is 0.277. The Morgan fingerprint density at radius 3 is 2.19 bits per heavy atom. The molecule has 26 heavy (non-hydrogen) atoms. The molecule has 156 valence electrons. The van der Waals surface area contributed by atoms with Crippen LogP contribution in [0.3, 0.4) is 0 Å². The van der Waals surface area contributed by atoms with Crippen LogP contribution in [0.1, 0.15) is 6.42 Å². The summed E-state index contributed by atoms with van der Waals surface area (Å²) < 4.78 is 122. The van der Waals surface area contributed by atoms with E-state index in [0.717, 1.165) is 0 Å². The average Bonchev–Trinajstić information content (AvgIpc) is 2.54. The zero-order valence-corrected chi connectivity index (χ0v) is 14.8. The molecule has 0 spiro atoms. The third-order valence-electron chi connectivity index (χ3n) is 3.69. The molecule has 1 heterocycles. The van der Waals surface area contributed by atoms with Gasteiger partial charge < -0.3 is 23.3 Å². The second kappa shape index (κ2) is 8.64. The van der Waals surface area contributed by atoms with Gasteiger partial charge >= 0.3 is 33.2 Å². The molecule has 0 saturated carbocycles. The summed E-state index contributed by atoms with van der Waals surface area (Å²) in [5.74, 6) is -12.7. The fourth-order valence-corrected chi connectivity index (χ4v) is 4.30. The second-order valence-electron chi connectivity index (χ2n) is 5.46. The number of ether oxygens (including phenoxy) is 1. The maximum absolute atomic E-state index is 13.4. The Morgan fingerprint density at radius 2 is 1.69 bits per heavy atom. The van der Waals surface area contributed by atoms with Crippen LogP contribution in [-0.2, 0) is 18.0 Å². The molecule has 1 saturated heterocycles. The van der Waals surface area contributed by atoms with E-state index < -0.39 is 45.9 Å². The van der Waals surface area contributed by atoms with E-state index in [9.17, 15) is 35.1 Å². The molecule has 0 aliphatic carbocycles. The van der Waals surface area contributed by atoms with Gasteiger partial charge in [-0.05, 0) is 13.0 Å². The summed E-state index contributed by atoms with van der Waals surface area (Å²) in [5.41, 5.74) is 0.